The predicted octanol–water partition coefficient (Wildman–Crippen LogP) is 2.20. The Hall–Kier alpha value is -0.830. The van der Waals surface area contributed by atoms with Gasteiger partial charge < -0.3 is 4.57 Å². The molecular weight excluding hydrogens is 186 g/mol. The summed E-state index contributed by atoms with van der Waals surface area (Å²) < 4.78 is 2.35. The smallest absolute Gasteiger partial charge is 0.105 e. The molecule has 2 rings (SSSR count). The van der Waals surface area contributed by atoms with E-state index in [1.165, 1.54) is 25.1 Å². The second kappa shape index (κ2) is 4.35. The zero-order chi connectivity index (χ0) is 10.8. The number of fused-ring (bicyclic) bond motifs is 1. The molecule has 0 aromatic carbocycles. The van der Waals surface area contributed by atoms with Crippen LogP contribution in [0.3, 0.4) is 0 Å². The number of hydrogen-bond acceptors (Lipinski definition) is 2. The van der Waals surface area contributed by atoms with Crippen LogP contribution in [0.4, 0.5) is 0 Å². The molecular formula is C12H21N3. The molecule has 0 spiro atoms. The average molecular weight is 207 g/mol. The summed E-state index contributed by atoms with van der Waals surface area (Å²) >= 11 is 0. The van der Waals surface area contributed by atoms with Gasteiger partial charge in [-0.1, -0.05) is 13.8 Å². The van der Waals surface area contributed by atoms with Crippen LogP contribution in [0.15, 0.2) is 6.20 Å². The Labute approximate surface area is 92.1 Å². The lowest BCUT2D eigenvalue weighted by Crippen LogP contribution is -2.40. The van der Waals surface area contributed by atoms with Crippen LogP contribution in [0.5, 0.6) is 0 Å². The molecule has 0 unspecified atom stereocenters. The maximum Gasteiger partial charge on any atom is 0.105 e. The Morgan fingerprint density at radius 2 is 2.07 bits per heavy atom. The molecule has 0 amide bonds. The number of aryl methyl sites for hydroxylation is 1. The highest BCUT2D eigenvalue weighted by Crippen LogP contribution is 2.19. The predicted molar refractivity (Wildman–Crippen MR) is 61.7 cm³/mol. The standard InChI is InChI=1S/C12H21N3/c1-4-11(5-2)14-6-7-15-10(3)13-8-12(15)9-14/h8,11H,4-7,9H2,1-3H3. The van der Waals surface area contributed by atoms with Gasteiger partial charge in [-0.2, -0.15) is 0 Å². The number of hydrogen-bond donors (Lipinski definition) is 0. The molecule has 1 aromatic heterocycles. The number of imidazole rings is 1. The van der Waals surface area contributed by atoms with Gasteiger partial charge in [-0.05, 0) is 19.8 Å². The third kappa shape index (κ3) is 1.93. The summed E-state index contributed by atoms with van der Waals surface area (Å²) in [4.78, 5) is 6.97. The molecule has 0 saturated carbocycles. The van der Waals surface area contributed by atoms with Crippen molar-refractivity contribution in [3.63, 3.8) is 0 Å². The summed E-state index contributed by atoms with van der Waals surface area (Å²) in [5, 5.41) is 0. The summed E-state index contributed by atoms with van der Waals surface area (Å²) in [6.07, 6.45) is 4.54. The van der Waals surface area contributed by atoms with Crippen molar-refractivity contribution < 1.29 is 0 Å². The minimum absolute atomic E-state index is 0.744. The van der Waals surface area contributed by atoms with Crippen molar-refractivity contribution in [3.05, 3.63) is 17.7 Å². The molecule has 1 aromatic rings. The fourth-order valence-corrected chi connectivity index (χ4v) is 2.58. The summed E-state index contributed by atoms with van der Waals surface area (Å²) in [6, 6.07) is 0.744. The Bertz CT molecular complexity index is 326. The van der Waals surface area contributed by atoms with Crippen molar-refractivity contribution in [3.8, 4) is 0 Å². The fraction of sp³-hybridized carbons (Fsp3) is 0.750. The molecule has 1 aliphatic rings. The Morgan fingerprint density at radius 3 is 2.73 bits per heavy atom. The van der Waals surface area contributed by atoms with Crippen molar-refractivity contribution in [2.75, 3.05) is 6.54 Å². The van der Waals surface area contributed by atoms with Gasteiger partial charge in [-0.3, -0.25) is 4.90 Å². The molecule has 84 valence electrons. The van der Waals surface area contributed by atoms with Crippen LogP contribution >= 0.6 is 0 Å². The molecule has 0 aliphatic carbocycles. The van der Waals surface area contributed by atoms with Crippen molar-refractivity contribution in [1.29, 1.82) is 0 Å². The van der Waals surface area contributed by atoms with Crippen molar-refractivity contribution in [1.82, 2.24) is 14.5 Å². The number of nitrogens with zero attached hydrogens (tertiary/aromatic N) is 3. The third-order valence-electron chi connectivity index (χ3n) is 3.57. The second-order valence-corrected chi connectivity index (χ2v) is 4.39. The van der Waals surface area contributed by atoms with Gasteiger partial charge in [0.05, 0.1) is 5.69 Å². The van der Waals surface area contributed by atoms with Gasteiger partial charge in [-0.25, -0.2) is 4.98 Å². The monoisotopic (exact) mass is 207 g/mol. The van der Waals surface area contributed by atoms with Crippen LogP contribution in [-0.2, 0) is 13.1 Å². The van der Waals surface area contributed by atoms with Gasteiger partial charge in [0.15, 0.2) is 0 Å². The van der Waals surface area contributed by atoms with E-state index in [0.29, 0.717) is 0 Å². The van der Waals surface area contributed by atoms with E-state index in [-0.39, 0.29) is 0 Å². The first-order valence-electron chi connectivity index (χ1n) is 6.01. The van der Waals surface area contributed by atoms with E-state index in [1.54, 1.807) is 0 Å². The summed E-state index contributed by atoms with van der Waals surface area (Å²) in [5.41, 5.74) is 1.38. The van der Waals surface area contributed by atoms with Gasteiger partial charge in [0, 0.05) is 31.9 Å². The minimum Gasteiger partial charge on any atom is -0.330 e. The van der Waals surface area contributed by atoms with Gasteiger partial charge in [0.25, 0.3) is 0 Å². The maximum absolute atomic E-state index is 4.38. The van der Waals surface area contributed by atoms with Crippen LogP contribution in [0, 0.1) is 6.92 Å². The molecule has 0 N–H and O–H groups in total. The van der Waals surface area contributed by atoms with E-state index in [9.17, 15) is 0 Å². The van der Waals surface area contributed by atoms with E-state index in [1.807, 2.05) is 6.20 Å². The van der Waals surface area contributed by atoms with Gasteiger partial charge >= 0.3 is 0 Å². The van der Waals surface area contributed by atoms with Crippen molar-refractivity contribution >= 4 is 0 Å². The van der Waals surface area contributed by atoms with E-state index in [4.69, 9.17) is 0 Å². The zero-order valence-corrected chi connectivity index (χ0v) is 10.0. The van der Waals surface area contributed by atoms with E-state index in [0.717, 1.165) is 25.0 Å². The summed E-state index contributed by atoms with van der Waals surface area (Å²) in [7, 11) is 0. The largest absolute Gasteiger partial charge is 0.330 e. The third-order valence-corrected chi connectivity index (χ3v) is 3.57. The topological polar surface area (TPSA) is 21.1 Å². The van der Waals surface area contributed by atoms with E-state index < -0.39 is 0 Å². The van der Waals surface area contributed by atoms with Crippen LogP contribution in [0.1, 0.15) is 38.2 Å². The van der Waals surface area contributed by atoms with E-state index in [2.05, 4.69) is 35.2 Å². The normalized spacial score (nSPS) is 17.1. The van der Waals surface area contributed by atoms with Crippen LogP contribution in [-0.4, -0.2) is 27.0 Å². The highest BCUT2D eigenvalue weighted by atomic mass is 15.2. The van der Waals surface area contributed by atoms with E-state index >= 15 is 0 Å². The average Bonchev–Trinajstić information content (AvgIpc) is 2.62. The van der Waals surface area contributed by atoms with Crippen LogP contribution < -0.4 is 0 Å². The van der Waals surface area contributed by atoms with Crippen molar-refractivity contribution in [2.45, 2.75) is 52.7 Å². The van der Waals surface area contributed by atoms with Gasteiger partial charge in [0.1, 0.15) is 5.82 Å². The Morgan fingerprint density at radius 1 is 1.33 bits per heavy atom. The SMILES string of the molecule is CCC(CC)N1CCn2c(cnc2C)C1. The fourth-order valence-electron chi connectivity index (χ4n) is 2.58. The minimum atomic E-state index is 0.744. The highest BCUT2D eigenvalue weighted by molar-refractivity contribution is 5.07. The molecule has 0 fully saturated rings. The quantitative estimate of drug-likeness (QED) is 0.757. The lowest BCUT2D eigenvalue weighted by atomic mass is 10.1. The summed E-state index contributed by atoms with van der Waals surface area (Å²) in [6.45, 7) is 10.0. The van der Waals surface area contributed by atoms with Crippen LogP contribution in [0.2, 0.25) is 0 Å². The summed E-state index contributed by atoms with van der Waals surface area (Å²) in [5.74, 6) is 1.16. The molecule has 3 heteroatoms. The maximum atomic E-state index is 4.38. The number of aromatic nitrogens is 2. The lowest BCUT2D eigenvalue weighted by molar-refractivity contribution is 0.146. The van der Waals surface area contributed by atoms with Crippen LogP contribution in [0.25, 0.3) is 0 Å². The number of rotatable bonds is 3. The zero-order valence-electron chi connectivity index (χ0n) is 10.0. The molecule has 15 heavy (non-hydrogen) atoms. The highest BCUT2D eigenvalue weighted by Gasteiger charge is 2.22. The Balaban J connectivity index is 2.11. The van der Waals surface area contributed by atoms with Gasteiger partial charge in [0.2, 0.25) is 0 Å². The molecule has 3 nitrogen and oxygen atoms in total. The molecule has 1 aliphatic heterocycles. The molecule has 0 bridgehead atoms. The molecule has 0 radical (unpaired) electrons. The molecule has 0 atom stereocenters. The second-order valence-electron chi connectivity index (χ2n) is 4.39. The lowest BCUT2D eigenvalue weighted by Gasteiger charge is -2.34. The first-order chi connectivity index (χ1) is 7.26. The van der Waals surface area contributed by atoms with Crippen molar-refractivity contribution in [2.24, 2.45) is 0 Å². The molecule has 0 saturated heterocycles. The first kappa shape index (κ1) is 10.7. The molecule has 2 heterocycles. The first-order valence-corrected chi connectivity index (χ1v) is 6.01. The van der Waals surface area contributed by atoms with Gasteiger partial charge in [-0.15, -0.1) is 0 Å². The Kier molecular flexibility index (Phi) is 3.10.